The van der Waals surface area contributed by atoms with Crippen LogP contribution in [-0.4, -0.2) is 14.3 Å². The summed E-state index contributed by atoms with van der Waals surface area (Å²) in [5.74, 6) is -0.391. The molecule has 31 heavy (non-hydrogen) atoms. The molecule has 0 radical (unpaired) electrons. The summed E-state index contributed by atoms with van der Waals surface area (Å²) in [6.07, 6.45) is -4.51. The van der Waals surface area contributed by atoms with Crippen molar-refractivity contribution in [2.75, 3.05) is 10.0 Å². The number of rotatable bonds is 5. The Hall–Kier alpha value is -3.04. The van der Waals surface area contributed by atoms with E-state index in [1.54, 1.807) is 31.2 Å². The third-order valence-electron chi connectivity index (χ3n) is 4.33. The number of alkyl halides is 3. The van der Waals surface area contributed by atoms with Gasteiger partial charge in [0.1, 0.15) is 0 Å². The van der Waals surface area contributed by atoms with Crippen molar-refractivity contribution in [1.82, 2.24) is 0 Å². The molecule has 3 aromatic carbocycles. The monoisotopic (exact) mass is 468 g/mol. The molecule has 0 aliphatic carbocycles. The smallest absolute Gasteiger partial charge is 0.322 e. The molecule has 3 aromatic rings. The van der Waals surface area contributed by atoms with Crippen molar-refractivity contribution in [3.05, 3.63) is 88.4 Å². The van der Waals surface area contributed by atoms with Gasteiger partial charge in [0.25, 0.3) is 15.9 Å². The van der Waals surface area contributed by atoms with Crippen LogP contribution < -0.4 is 10.0 Å². The van der Waals surface area contributed by atoms with Crippen molar-refractivity contribution >= 4 is 38.9 Å². The molecule has 0 saturated heterocycles. The SMILES string of the molecule is Cc1cc(S(=O)(=O)Nc2ccc(C(F)(F)F)cc2)ccc1NC(=O)c1ccc(Cl)cc1. The minimum Gasteiger partial charge on any atom is -0.322 e. The largest absolute Gasteiger partial charge is 0.416 e. The Kier molecular flexibility index (Phi) is 6.28. The molecule has 1 amide bonds. The van der Waals surface area contributed by atoms with Gasteiger partial charge in [-0.3, -0.25) is 9.52 Å². The number of anilines is 2. The molecule has 0 bridgehead atoms. The van der Waals surface area contributed by atoms with Gasteiger partial charge in [0.15, 0.2) is 0 Å². The van der Waals surface area contributed by atoms with Crippen molar-refractivity contribution in [2.24, 2.45) is 0 Å². The van der Waals surface area contributed by atoms with Crippen molar-refractivity contribution in [3.8, 4) is 0 Å². The average Bonchev–Trinajstić information content (AvgIpc) is 2.69. The highest BCUT2D eigenvalue weighted by molar-refractivity contribution is 7.92. The van der Waals surface area contributed by atoms with Crippen LogP contribution in [0.2, 0.25) is 5.02 Å². The summed E-state index contributed by atoms with van der Waals surface area (Å²) in [7, 11) is -4.04. The van der Waals surface area contributed by atoms with Gasteiger partial charge in [-0.05, 0) is 79.2 Å². The van der Waals surface area contributed by atoms with Crippen LogP contribution >= 0.6 is 11.6 Å². The molecule has 2 N–H and O–H groups in total. The van der Waals surface area contributed by atoms with Gasteiger partial charge in [-0.2, -0.15) is 13.2 Å². The number of halogens is 4. The summed E-state index contributed by atoms with van der Waals surface area (Å²) in [4.78, 5) is 12.2. The standard InChI is InChI=1S/C21H16ClF3N2O3S/c1-13-12-18(10-11-19(13)26-20(28)14-2-6-16(22)7-3-14)31(29,30)27-17-8-4-15(5-9-17)21(23,24)25/h2-12,27H,1H3,(H,26,28). The lowest BCUT2D eigenvalue weighted by Crippen LogP contribution is -2.15. The quantitative estimate of drug-likeness (QED) is 0.503. The van der Waals surface area contributed by atoms with Crippen LogP contribution in [0.3, 0.4) is 0 Å². The molecular formula is C21H16ClF3N2O3S. The van der Waals surface area contributed by atoms with E-state index in [0.29, 0.717) is 21.8 Å². The molecule has 0 aliphatic rings. The summed E-state index contributed by atoms with van der Waals surface area (Å²) in [6.45, 7) is 1.62. The Morgan fingerprint density at radius 3 is 2.10 bits per heavy atom. The molecule has 0 aliphatic heterocycles. The Bertz CT molecular complexity index is 1210. The summed E-state index contributed by atoms with van der Waals surface area (Å²) in [5.41, 5.74) is 0.383. The number of carbonyl (C=O) groups excluding carboxylic acids is 1. The molecule has 3 rings (SSSR count). The lowest BCUT2D eigenvalue weighted by atomic mass is 10.1. The predicted molar refractivity (Wildman–Crippen MR) is 113 cm³/mol. The number of hydrogen-bond acceptors (Lipinski definition) is 3. The van der Waals surface area contributed by atoms with Crippen LogP contribution in [0.15, 0.2) is 71.6 Å². The summed E-state index contributed by atoms with van der Waals surface area (Å²) in [6, 6.07) is 14.0. The maximum atomic E-state index is 12.6. The molecule has 0 aromatic heterocycles. The van der Waals surface area contributed by atoms with E-state index in [4.69, 9.17) is 11.6 Å². The van der Waals surface area contributed by atoms with Crippen LogP contribution in [-0.2, 0) is 16.2 Å². The highest BCUT2D eigenvalue weighted by Gasteiger charge is 2.30. The maximum absolute atomic E-state index is 12.6. The van der Waals surface area contributed by atoms with Gasteiger partial charge in [-0.15, -0.1) is 0 Å². The van der Waals surface area contributed by atoms with Crippen molar-refractivity contribution in [1.29, 1.82) is 0 Å². The van der Waals surface area contributed by atoms with Gasteiger partial charge in [0.05, 0.1) is 10.5 Å². The second-order valence-corrected chi connectivity index (χ2v) is 8.74. The molecule has 10 heteroatoms. The first-order chi connectivity index (χ1) is 14.5. The van der Waals surface area contributed by atoms with Crippen LogP contribution in [0.4, 0.5) is 24.5 Å². The molecule has 5 nitrogen and oxygen atoms in total. The zero-order valence-electron chi connectivity index (χ0n) is 16.0. The van der Waals surface area contributed by atoms with E-state index < -0.39 is 27.7 Å². The topological polar surface area (TPSA) is 75.3 Å². The molecule has 0 heterocycles. The van der Waals surface area contributed by atoms with Crippen LogP contribution in [0.25, 0.3) is 0 Å². The highest BCUT2D eigenvalue weighted by Crippen LogP contribution is 2.30. The number of nitrogens with one attached hydrogen (secondary N) is 2. The molecule has 0 fully saturated rings. The summed E-state index contributed by atoms with van der Waals surface area (Å²) < 4.78 is 65.4. The van der Waals surface area contributed by atoms with Gasteiger partial charge in [-0.1, -0.05) is 11.6 Å². The van der Waals surface area contributed by atoms with Gasteiger partial charge in [-0.25, -0.2) is 8.42 Å². The lowest BCUT2D eigenvalue weighted by Gasteiger charge is -2.13. The van der Waals surface area contributed by atoms with Gasteiger partial charge in [0.2, 0.25) is 0 Å². The fourth-order valence-electron chi connectivity index (χ4n) is 2.68. The lowest BCUT2D eigenvalue weighted by molar-refractivity contribution is -0.137. The minimum absolute atomic E-state index is 0.00855. The minimum atomic E-state index is -4.51. The predicted octanol–water partition coefficient (Wildman–Crippen LogP) is 5.72. The van der Waals surface area contributed by atoms with Crippen molar-refractivity contribution in [3.63, 3.8) is 0 Å². The first-order valence-corrected chi connectivity index (χ1v) is 10.7. The number of aryl methyl sites for hydroxylation is 1. The zero-order chi connectivity index (χ0) is 22.8. The van der Waals surface area contributed by atoms with Crippen molar-refractivity contribution in [2.45, 2.75) is 18.0 Å². The van der Waals surface area contributed by atoms with Crippen LogP contribution in [0.1, 0.15) is 21.5 Å². The Morgan fingerprint density at radius 1 is 0.935 bits per heavy atom. The third-order valence-corrected chi connectivity index (χ3v) is 5.96. The normalized spacial score (nSPS) is 11.8. The zero-order valence-corrected chi connectivity index (χ0v) is 17.6. The first-order valence-electron chi connectivity index (χ1n) is 8.83. The van der Waals surface area contributed by atoms with Gasteiger partial charge < -0.3 is 5.32 Å². The van der Waals surface area contributed by atoms with E-state index in [-0.39, 0.29) is 10.6 Å². The maximum Gasteiger partial charge on any atom is 0.416 e. The van der Waals surface area contributed by atoms with E-state index >= 15 is 0 Å². The average molecular weight is 469 g/mol. The number of benzene rings is 3. The Balaban J connectivity index is 1.76. The number of amides is 1. The molecule has 0 unspecified atom stereocenters. The fourth-order valence-corrected chi connectivity index (χ4v) is 3.95. The Labute approximate surface area is 181 Å². The van der Waals surface area contributed by atoms with Crippen LogP contribution in [0.5, 0.6) is 0 Å². The van der Waals surface area contributed by atoms with Crippen LogP contribution in [0, 0.1) is 6.92 Å². The van der Waals surface area contributed by atoms with E-state index in [1.807, 2.05) is 0 Å². The second-order valence-electron chi connectivity index (χ2n) is 6.62. The molecular weight excluding hydrogens is 453 g/mol. The fraction of sp³-hybridized carbons (Fsp3) is 0.0952. The second kappa shape index (κ2) is 8.60. The number of hydrogen-bond donors (Lipinski definition) is 2. The van der Waals surface area contributed by atoms with Gasteiger partial charge >= 0.3 is 6.18 Å². The van der Waals surface area contributed by atoms with E-state index in [0.717, 1.165) is 24.3 Å². The highest BCUT2D eigenvalue weighted by atomic mass is 35.5. The van der Waals surface area contributed by atoms with E-state index in [9.17, 15) is 26.4 Å². The summed E-state index contributed by atoms with van der Waals surface area (Å²) in [5, 5.41) is 3.18. The first kappa shape index (κ1) is 22.6. The molecule has 0 saturated carbocycles. The molecule has 0 spiro atoms. The molecule has 0 atom stereocenters. The number of sulfonamides is 1. The van der Waals surface area contributed by atoms with Gasteiger partial charge in [0, 0.05) is 22.0 Å². The summed E-state index contributed by atoms with van der Waals surface area (Å²) >= 11 is 5.80. The molecule has 162 valence electrons. The van der Waals surface area contributed by atoms with E-state index in [2.05, 4.69) is 10.0 Å². The number of carbonyl (C=O) groups is 1. The Morgan fingerprint density at radius 2 is 1.55 bits per heavy atom. The third kappa shape index (κ3) is 5.56. The van der Waals surface area contributed by atoms with E-state index in [1.165, 1.54) is 18.2 Å². The van der Waals surface area contributed by atoms with Crippen molar-refractivity contribution < 1.29 is 26.4 Å².